The number of nitrogens with zero attached hydrogens (tertiary/aromatic N) is 3. The highest BCUT2D eigenvalue weighted by molar-refractivity contribution is 5.34. The number of hydrogen-bond acceptors (Lipinski definition) is 4. The van der Waals surface area contributed by atoms with Gasteiger partial charge >= 0.3 is 0 Å². The minimum absolute atomic E-state index is 0.00595. The van der Waals surface area contributed by atoms with Crippen LogP contribution in [0.25, 0.3) is 0 Å². The molecule has 0 radical (unpaired) electrons. The minimum Gasteiger partial charge on any atom is -0.340 e. The molecular weight excluding hydrogens is 228 g/mol. The standard InChI is InChI=1S/C13H22N4O/c1-9(2)11-10(3)14-13(15-12(11)18)17-7-5-16(4)6-8-17/h9H,5-8H2,1-4H3,(H,14,15,18). The van der Waals surface area contributed by atoms with E-state index in [-0.39, 0.29) is 11.5 Å². The number of aromatic nitrogens is 2. The molecule has 5 heteroatoms. The number of H-pyrrole nitrogens is 1. The maximum Gasteiger partial charge on any atom is 0.255 e. The number of aromatic amines is 1. The Morgan fingerprint density at radius 1 is 1.22 bits per heavy atom. The molecule has 0 spiro atoms. The first-order valence-corrected chi connectivity index (χ1v) is 6.53. The molecule has 1 aliphatic heterocycles. The van der Waals surface area contributed by atoms with Crippen LogP contribution >= 0.6 is 0 Å². The van der Waals surface area contributed by atoms with E-state index in [0.717, 1.165) is 43.4 Å². The number of anilines is 1. The van der Waals surface area contributed by atoms with Crippen molar-refractivity contribution in [3.8, 4) is 0 Å². The third kappa shape index (κ3) is 2.56. The Morgan fingerprint density at radius 3 is 2.33 bits per heavy atom. The van der Waals surface area contributed by atoms with Crippen molar-refractivity contribution in [3.63, 3.8) is 0 Å². The second-order valence-electron chi connectivity index (χ2n) is 5.33. The molecule has 100 valence electrons. The van der Waals surface area contributed by atoms with Crippen molar-refractivity contribution in [1.82, 2.24) is 14.9 Å². The monoisotopic (exact) mass is 250 g/mol. The first-order chi connectivity index (χ1) is 8.49. The number of nitrogens with one attached hydrogen (secondary N) is 1. The fraction of sp³-hybridized carbons (Fsp3) is 0.692. The lowest BCUT2D eigenvalue weighted by atomic mass is 10.0. The summed E-state index contributed by atoms with van der Waals surface area (Å²) in [5.41, 5.74) is 1.65. The van der Waals surface area contributed by atoms with Gasteiger partial charge in [-0.1, -0.05) is 13.8 Å². The van der Waals surface area contributed by atoms with Crippen molar-refractivity contribution >= 4 is 5.95 Å². The second-order valence-corrected chi connectivity index (χ2v) is 5.33. The van der Waals surface area contributed by atoms with Crippen molar-refractivity contribution in [2.75, 3.05) is 38.1 Å². The van der Waals surface area contributed by atoms with Gasteiger partial charge in [-0.05, 0) is 19.9 Å². The van der Waals surface area contributed by atoms with Crippen LogP contribution in [0, 0.1) is 6.92 Å². The van der Waals surface area contributed by atoms with Crippen LogP contribution in [0.3, 0.4) is 0 Å². The topological polar surface area (TPSA) is 52.2 Å². The van der Waals surface area contributed by atoms with Gasteiger partial charge in [0, 0.05) is 31.7 Å². The van der Waals surface area contributed by atoms with Gasteiger partial charge in [-0.3, -0.25) is 9.78 Å². The van der Waals surface area contributed by atoms with Crippen molar-refractivity contribution in [2.24, 2.45) is 0 Å². The molecule has 0 unspecified atom stereocenters. The highest BCUT2D eigenvalue weighted by Gasteiger charge is 2.18. The van der Waals surface area contributed by atoms with Gasteiger partial charge in [0.2, 0.25) is 5.95 Å². The zero-order chi connectivity index (χ0) is 13.3. The second kappa shape index (κ2) is 5.10. The Hall–Kier alpha value is -1.36. The molecule has 0 atom stereocenters. The molecule has 1 saturated heterocycles. The van der Waals surface area contributed by atoms with Crippen LogP contribution in [-0.4, -0.2) is 48.1 Å². The lowest BCUT2D eigenvalue weighted by Crippen LogP contribution is -2.45. The molecular formula is C13H22N4O. The Balaban J connectivity index is 2.28. The van der Waals surface area contributed by atoms with Crippen LogP contribution in [0.1, 0.15) is 31.0 Å². The summed E-state index contributed by atoms with van der Waals surface area (Å²) >= 11 is 0. The highest BCUT2D eigenvalue weighted by Crippen LogP contribution is 2.16. The van der Waals surface area contributed by atoms with Gasteiger partial charge in [-0.2, -0.15) is 0 Å². The summed E-state index contributed by atoms with van der Waals surface area (Å²) in [6.07, 6.45) is 0. The van der Waals surface area contributed by atoms with E-state index in [1.165, 1.54) is 0 Å². The number of hydrogen-bond donors (Lipinski definition) is 1. The molecule has 1 fully saturated rings. The van der Waals surface area contributed by atoms with E-state index in [2.05, 4.69) is 26.8 Å². The molecule has 0 saturated carbocycles. The quantitative estimate of drug-likeness (QED) is 0.849. The van der Waals surface area contributed by atoms with Gasteiger partial charge in [-0.15, -0.1) is 0 Å². The molecule has 1 N–H and O–H groups in total. The molecule has 5 nitrogen and oxygen atoms in total. The lowest BCUT2D eigenvalue weighted by molar-refractivity contribution is 0.311. The fourth-order valence-corrected chi connectivity index (χ4v) is 2.43. The average molecular weight is 250 g/mol. The lowest BCUT2D eigenvalue weighted by Gasteiger charge is -2.32. The van der Waals surface area contributed by atoms with Crippen LogP contribution in [0.4, 0.5) is 5.95 Å². The summed E-state index contributed by atoms with van der Waals surface area (Å²) in [5.74, 6) is 0.929. The maximum absolute atomic E-state index is 12.1. The van der Waals surface area contributed by atoms with Gasteiger partial charge < -0.3 is 9.80 Å². The van der Waals surface area contributed by atoms with Crippen LogP contribution < -0.4 is 10.5 Å². The molecule has 0 aliphatic carbocycles. The maximum atomic E-state index is 12.1. The van der Waals surface area contributed by atoms with E-state index in [9.17, 15) is 4.79 Å². The SMILES string of the molecule is Cc1nc(N2CCN(C)CC2)[nH]c(=O)c1C(C)C. The molecule has 0 bridgehead atoms. The van der Waals surface area contributed by atoms with Gasteiger partial charge in [0.25, 0.3) is 5.56 Å². The third-order valence-electron chi connectivity index (χ3n) is 3.51. The summed E-state index contributed by atoms with van der Waals surface area (Å²) in [6.45, 7) is 9.82. The Morgan fingerprint density at radius 2 is 1.83 bits per heavy atom. The van der Waals surface area contributed by atoms with Gasteiger partial charge in [0.05, 0.1) is 5.69 Å². The molecule has 0 amide bonds. The van der Waals surface area contributed by atoms with Gasteiger partial charge in [-0.25, -0.2) is 4.98 Å². The zero-order valence-corrected chi connectivity index (χ0v) is 11.7. The van der Waals surface area contributed by atoms with E-state index in [1.54, 1.807) is 0 Å². The summed E-state index contributed by atoms with van der Waals surface area (Å²) < 4.78 is 0. The summed E-state index contributed by atoms with van der Waals surface area (Å²) in [7, 11) is 2.11. The third-order valence-corrected chi connectivity index (χ3v) is 3.51. The molecule has 18 heavy (non-hydrogen) atoms. The van der Waals surface area contributed by atoms with E-state index >= 15 is 0 Å². The number of rotatable bonds is 2. The normalized spacial score (nSPS) is 17.5. The Labute approximate surface area is 108 Å². The molecule has 2 rings (SSSR count). The van der Waals surface area contributed by atoms with Crippen LogP contribution in [-0.2, 0) is 0 Å². The number of aryl methyl sites for hydroxylation is 1. The first-order valence-electron chi connectivity index (χ1n) is 6.53. The summed E-state index contributed by atoms with van der Waals surface area (Å²) in [5, 5.41) is 0. The predicted octanol–water partition coefficient (Wildman–Crippen LogP) is 0.954. The average Bonchev–Trinajstić information content (AvgIpc) is 2.28. The van der Waals surface area contributed by atoms with E-state index in [4.69, 9.17) is 0 Å². The summed E-state index contributed by atoms with van der Waals surface area (Å²) in [6, 6.07) is 0. The Bertz CT molecular complexity index is 472. The van der Waals surface area contributed by atoms with Crippen molar-refractivity contribution in [3.05, 3.63) is 21.6 Å². The van der Waals surface area contributed by atoms with Gasteiger partial charge in [0.1, 0.15) is 0 Å². The largest absolute Gasteiger partial charge is 0.340 e. The van der Waals surface area contributed by atoms with E-state index in [0.29, 0.717) is 0 Å². The predicted molar refractivity (Wildman–Crippen MR) is 73.4 cm³/mol. The molecule has 0 aromatic carbocycles. The molecule has 2 heterocycles. The minimum atomic E-state index is 0.00595. The van der Waals surface area contributed by atoms with E-state index in [1.807, 2.05) is 20.8 Å². The Kier molecular flexibility index (Phi) is 3.71. The number of piperazine rings is 1. The smallest absolute Gasteiger partial charge is 0.255 e. The molecule has 1 aliphatic rings. The van der Waals surface area contributed by atoms with Crippen molar-refractivity contribution < 1.29 is 0 Å². The van der Waals surface area contributed by atoms with Gasteiger partial charge in [0.15, 0.2) is 0 Å². The fourth-order valence-electron chi connectivity index (χ4n) is 2.43. The van der Waals surface area contributed by atoms with E-state index < -0.39 is 0 Å². The highest BCUT2D eigenvalue weighted by atomic mass is 16.1. The van der Waals surface area contributed by atoms with Crippen LogP contribution in [0.15, 0.2) is 4.79 Å². The zero-order valence-electron chi connectivity index (χ0n) is 11.7. The molecule has 1 aromatic heterocycles. The van der Waals surface area contributed by atoms with Crippen molar-refractivity contribution in [1.29, 1.82) is 0 Å². The van der Waals surface area contributed by atoms with Crippen LogP contribution in [0.5, 0.6) is 0 Å². The first kappa shape index (κ1) is 13.1. The summed E-state index contributed by atoms with van der Waals surface area (Å²) in [4.78, 5) is 24.0. The van der Waals surface area contributed by atoms with Crippen molar-refractivity contribution in [2.45, 2.75) is 26.7 Å². The number of likely N-dealkylation sites (N-methyl/N-ethyl adjacent to an activating group) is 1. The van der Waals surface area contributed by atoms with Crippen LogP contribution in [0.2, 0.25) is 0 Å². The molecule has 1 aromatic rings.